The number of carboxylic acids is 1. The number of halogens is 3. The number of pyridine rings is 1. The van der Waals surface area contributed by atoms with Crippen molar-refractivity contribution < 1.29 is 19.0 Å². The van der Waals surface area contributed by atoms with Crippen molar-refractivity contribution in [3.63, 3.8) is 0 Å². The molecule has 3 N–H and O–H groups in total. The van der Waals surface area contributed by atoms with Crippen LogP contribution in [-0.2, 0) is 11.3 Å². The van der Waals surface area contributed by atoms with Crippen molar-refractivity contribution in [2.75, 3.05) is 0 Å². The van der Waals surface area contributed by atoms with Crippen molar-refractivity contribution in [2.45, 2.75) is 25.9 Å². The molecule has 12 heteroatoms. The molecule has 0 spiro atoms. The summed E-state index contributed by atoms with van der Waals surface area (Å²) in [4.78, 5) is 15.7. The topological polar surface area (TPSA) is 129 Å². The van der Waals surface area contributed by atoms with Crippen LogP contribution in [0.4, 0.5) is 4.39 Å². The first-order chi connectivity index (χ1) is 13.3. The minimum atomic E-state index is -0.995. The number of carboxylic acid groups (broad SMARTS) is 1. The summed E-state index contributed by atoms with van der Waals surface area (Å²) >= 11 is 5.68. The number of rotatable bonds is 7. The average molecular weight is 443 g/mol. The molecule has 1 aromatic carbocycles. The second-order valence-electron chi connectivity index (χ2n) is 6.05. The van der Waals surface area contributed by atoms with Crippen LogP contribution in [0.1, 0.15) is 12.0 Å². The van der Waals surface area contributed by atoms with E-state index in [1.54, 1.807) is 18.2 Å². The first-order valence-electron chi connectivity index (χ1n) is 8.17. The summed E-state index contributed by atoms with van der Waals surface area (Å²) in [5.41, 5.74) is 7.18. The Morgan fingerprint density at radius 3 is 2.83 bits per heavy atom. The van der Waals surface area contributed by atoms with Gasteiger partial charge in [-0.25, -0.2) is 9.37 Å². The van der Waals surface area contributed by atoms with E-state index in [0.717, 1.165) is 11.6 Å². The van der Waals surface area contributed by atoms with Gasteiger partial charge in [-0.05, 0) is 42.0 Å². The molecule has 0 bridgehead atoms. The Hall–Kier alpha value is -2.82. The standard InChI is InChI=1S/C17H16ClFN6O3.ClH/c1-9-4-12(28-17-14(19)5-10(18)7-21-17)2-3-13(9)16-22-24-25(23-16)8-11(20)6-15(26)27;/h2-5,7,11H,6,8,20H2,1H3,(H,26,27);1H/t11-;/m0./s1. The van der Waals surface area contributed by atoms with E-state index in [-0.39, 0.29) is 36.3 Å². The molecule has 0 amide bonds. The average Bonchev–Trinajstić information content (AvgIpc) is 3.04. The van der Waals surface area contributed by atoms with Gasteiger partial charge < -0.3 is 15.6 Å². The molecule has 0 aliphatic carbocycles. The van der Waals surface area contributed by atoms with Gasteiger partial charge in [0.25, 0.3) is 5.88 Å². The van der Waals surface area contributed by atoms with E-state index in [9.17, 15) is 9.18 Å². The number of hydrogen-bond acceptors (Lipinski definition) is 7. The van der Waals surface area contributed by atoms with E-state index in [1.807, 2.05) is 6.92 Å². The predicted octanol–water partition coefficient (Wildman–Crippen LogP) is 2.85. The van der Waals surface area contributed by atoms with Crippen molar-refractivity contribution in [1.29, 1.82) is 0 Å². The van der Waals surface area contributed by atoms with Crippen molar-refractivity contribution in [2.24, 2.45) is 5.73 Å². The lowest BCUT2D eigenvalue weighted by atomic mass is 10.1. The van der Waals surface area contributed by atoms with E-state index in [1.165, 1.54) is 11.0 Å². The summed E-state index contributed by atoms with van der Waals surface area (Å²) in [5.74, 6) is -1.12. The van der Waals surface area contributed by atoms with Crippen LogP contribution in [0.2, 0.25) is 5.02 Å². The predicted molar refractivity (Wildman–Crippen MR) is 105 cm³/mol. The van der Waals surface area contributed by atoms with Gasteiger partial charge in [0, 0.05) is 17.8 Å². The lowest BCUT2D eigenvalue weighted by molar-refractivity contribution is -0.137. The third kappa shape index (κ3) is 5.83. The number of ether oxygens (including phenoxy) is 1. The molecule has 29 heavy (non-hydrogen) atoms. The van der Waals surface area contributed by atoms with Crippen LogP contribution in [0.15, 0.2) is 30.5 Å². The summed E-state index contributed by atoms with van der Waals surface area (Å²) in [6.07, 6.45) is 1.09. The molecule has 0 aliphatic rings. The molecule has 1 atom stereocenters. The van der Waals surface area contributed by atoms with E-state index in [2.05, 4.69) is 20.4 Å². The van der Waals surface area contributed by atoms with Crippen molar-refractivity contribution >= 4 is 30.0 Å². The molecule has 2 aromatic heterocycles. The van der Waals surface area contributed by atoms with Gasteiger partial charge in [-0.3, -0.25) is 4.79 Å². The smallest absolute Gasteiger partial charge is 0.304 e. The fourth-order valence-corrected chi connectivity index (χ4v) is 2.61. The molecular formula is C17H17Cl2FN6O3. The van der Waals surface area contributed by atoms with Gasteiger partial charge >= 0.3 is 5.97 Å². The zero-order valence-corrected chi connectivity index (χ0v) is 16.7. The van der Waals surface area contributed by atoms with Gasteiger partial charge in [-0.1, -0.05) is 11.6 Å². The van der Waals surface area contributed by atoms with E-state index in [4.69, 9.17) is 27.2 Å². The fraction of sp³-hybridized carbons (Fsp3) is 0.235. The molecule has 0 radical (unpaired) electrons. The van der Waals surface area contributed by atoms with Crippen molar-refractivity contribution in [1.82, 2.24) is 25.2 Å². The summed E-state index contributed by atoms with van der Waals surface area (Å²) in [6, 6.07) is 5.49. The van der Waals surface area contributed by atoms with Crippen LogP contribution in [0.5, 0.6) is 11.6 Å². The van der Waals surface area contributed by atoms with Gasteiger partial charge in [-0.15, -0.1) is 22.6 Å². The number of aryl methyl sites for hydroxylation is 1. The molecule has 0 saturated carbocycles. The zero-order chi connectivity index (χ0) is 20.3. The Balaban J connectivity index is 0.00000300. The molecule has 9 nitrogen and oxygen atoms in total. The fourth-order valence-electron chi connectivity index (χ4n) is 2.47. The Labute approximate surface area is 176 Å². The highest BCUT2D eigenvalue weighted by Crippen LogP contribution is 2.28. The summed E-state index contributed by atoms with van der Waals surface area (Å²) in [7, 11) is 0. The highest BCUT2D eigenvalue weighted by molar-refractivity contribution is 6.30. The zero-order valence-electron chi connectivity index (χ0n) is 15.1. The van der Waals surface area contributed by atoms with Gasteiger partial charge in [-0.2, -0.15) is 4.80 Å². The summed E-state index contributed by atoms with van der Waals surface area (Å²) < 4.78 is 19.3. The van der Waals surface area contributed by atoms with Crippen LogP contribution in [0.3, 0.4) is 0 Å². The third-order valence-corrected chi connectivity index (χ3v) is 3.92. The molecule has 3 aromatic rings. The number of nitrogens with two attached hydrogens (primary N) is 1. The van der Waals surface area contributed by atoms with Crippen molar-refractivity contribution in [3.05, 3.63) is 46.9 Å². The highest BCUT2D eigenvalue weighted by Gasteiger charge is 2.14. The number of aromatic nitrogens is 5. The molecule has 2 heterocycles. The Morgan fingerprint density at radius 2 is 2.17 bits per heavy atom. The van der Waals surface area contributed by atoms with Crippen LogP contribution in [-0.4, -0.2) is 42.3 Å². The number of aliphatic carboxylic acids is 1. The van der Waals surface area contributed by atoms with Crippen LogP contribution in [0.25, 0.3) is 11.4 Å². The first kappa shape index (κ1) is 22.5. The molecule has 0 saturated heterocycles. The van der Waals surface area contributed by atoms with Crippen LogP contribution >= 0.6 is 24.0 Å². The SMILES string of the molecule is Cc1cc(Oc2ncc(Cl)cc2F)ccc1-c1nnn(C[C@@H](N)CC(=O)O)n1.Cl. The molecule has 0 unspecified atom stereocenters. The molecular weight excluding hydrogens is 426 g/mol. The Kier molecular flexibility index (Phi) is 7.43. The highest BCUT2D eigenvalue weighted by atomic mass is 35.5. The minimum absolute atomic E-state index is 0. The van der Waals surface area contributed by atoms with Gasteiger partial charge in [0.15, 0.2) is 5.82 Å². The molecule has 3 rings (SSSR count). The Bertz CT molecular complexity index is 1020. The molecule has 0 aliphatic heterocycles. The third-order valence-electron chi connectivity index (χ3n) is 3.71. The summed E-state index contributed by atoms with van der Waals surface area (Å²) in [5, 5.41) is 21.0. The van der Waals surface area contributed by atoms with E-state index < -0.39 is 17.8 Å². The van der Waals surface area contributed by atoms with E-state index in [0.29, 0.717) is 17.1 Å². The number of tetrazole rings is 1. The largest absolute Gasteiger partial charge is 0.481 e. The summed E-state index contributed by atoms with van der Waals surface area (Å²) in [6.45, 7) is 1.94. The maximum Gasteiger partial charge on any atom is 0.304 e. The minimum Gasteiger partial charge on any atom is -0.481 e. The second kappa shape index (κ2) is 9.59. The Morgan fingerprint density at radius 1 is 1.41 bits per heavy atom. The molecule has 0 fully saturated rings. The number of hydrogen-bond donors (Lipinski definition) is 2. The van der Waals surface area contributed by atoms with Crippen molar-refractivity contribution in [3.8, 4) is 23.0 Å². The first-order valence-corrected chi connectivity index (χ1v) is 8.54. The lowest BCUT2D eigenvalue weighted by Crippen LogP contribution is -2.30. The van der Waals surface area contributed by atoms with Gasteiger partial charge in [0.05, 0.1) is 18.0 Å². The van der Waals surface area contributed by atoms with Crippen LogP contribution < -0.4 is 10.5 Å². The van der Waals surface area contributed by atoms with Gasteiger partial charge in [0.2, 0.25) is 5.82 Å². The second-order valence-corrected chi connectivity index (χ2v) is 6.48. The monoisotopic (exact) mass is 442 g/mol. The maximum absolute atomic E-state index is 13.8. The van der Waals surface area contributed by atoms with Crippen LogP contribution in [0, 0.1) is 12.7 Å². The molecule has 154 valence electrons. The number of carbonyl (C=O) groups is 1. The lowest BCUT2D eigenvalue weighted by Gasteiger charge is -2.08. The normalized spacial score (nSPS) is 11.6. The van der Waals surface area contributed by atoms with E-state index >= 15 is 0 Å². The quantitative estimate of drug-likeness (QED) is 0.571. The number of benzene rings is 1. The number of nitrogens with zero attached hydrogens (tertiary/aromatic N) is 5. The van der Waals surface area contributed by atoms with Gasteiger partial charge in [0.1, 0.15) is 5.75 Å². The maximum atomic E-state index is 13.8.